The second kappa shape index (κ2) is 14.5. The zero-order valence-electron chi connectivity index (χ0n) is 22.9. The summed E-state index contributed by atoms with van der Waals surface area (Å²) in [6.07, 6.45) is -0.172. The number of benzene rings is 4. The molecule has 0 aliphatic carbocycles. The molecule has 216 valence electrons. The number of aryl methyl sites for hydroxylation is 1. The Bertz CT molecular complexity index is 1540. The minimum atomic E-state index is -1.40. The molecule has 0 spiro atoms. The third kappa shape index (κ3) is 8.72. The molecule has 0 unspecified atom stereocenters. The van der Waals surface area contributed by atoms with Crippen molar-refractivity contribution in [2.45, 2.75) is 44.3 Å². The van der Waals surface area contributed by atoms with Crippen LogP contribution in [-0.2, 0) is 38.6 Å². The van der Waals surface area contributed by atoms with Gasteiger partial charge in [-0.15, -0.1) is 0 Å². The SMILES string of the molecule is O=C(O)C[C@H](NC(=O)CCc1ccccc1)C(=O)N[C@@H](Cc1ccc(F)cc1)C(=O)NCc1cccc2ccccc12. The molecular weight excluding hydrogens is 537 g/mol. The Morgan fingerprint density at radius 1 is 0.714 bits per heavy atom. The summed E-state index contributed by atoms with van der Waals surface area (Å²) in [5.74, 6) is -3.54. The van der Waals surface area contributed by atoms with Crippen LogP contribution in [0.25, 0.3) is 10.8 Å². The molecule has 42 heavy (non-hydrogen) atoms. The average Bonchev–Trinajstić information content (AvgIpc) is 2.99. The Labute approximate surface area is 242 Å². The van der Waals surface area contributed by atoms with Gasteiger partial charge in [0.1, 0.15) is 17.9 Å². The maximum absolute atomic E-state index is 13.5. The number of halogens is 1. The van der Waals surface area contributed by atoms with Crippen LogP contribution in [-0.4, -0.2) is 40.9 Å². The highest BCUT2D eigenvalue weighted by Gasteiger charge is 2.28. The molecule has 4 N–H and O–H groups in total. The first-order valence-electron chi connectivity index (χ1n) is 13.6. The van der Waals surface area contributed by atoms with Crippen molar-refractivity contribution in [1.82, 2.24) is 16.0 Å². The van der Waals surface area contributed by atoms with Gasteiger partial charge in [0.2, 0.25) is 17.7 Å². The van der Waals surface area contributed by atoms with Crippen LogP contribution in [0.15, 0.2) is 97.1 Å². The van der Waals surface area contributed by atoms with Crippen LogP contribution in [0.4, 0.5) is 4.39 Å². The van der Waals surface area contributed by atoms with E-state index in [1.165, 1.54) is 24.3 Å². The minimum Gasteiger partial charge on any atom is -0.481 e. The summed E-state index contributed by atoms with van der Waals surface area (Å²) in [4.78, 5) is 50.8. The lowest BCUT2D eigenvalue weighted by atomic mass is 10.0. The Kier molecular flexibility index (Phi) is 10.4. The summed E-state index contributed by atoms with van der Waals surface area (Å²) in [5.41, 5.74) is 2.39. The van der Waals surface area contributed by atoms with Gasteiger partial charge in [-0.1, -0.05) is 84.9 Å². The van der Waals surface area contributed by atoms with E-state index in [2.05, 4.69) is 16.0 Å². The molecule has 0 saturated heterocycles. The highest BCUT2D eigenvalue weighted by Crippen LogP contribution is 2.18. The highest BCUT2D eigenvalue weighted by molar-refractivity contribution is 5.94. The molecule has 9 heteroatoms. The molecule has 0 aromatic heterocycles. The first kappa shape index (κ1) is 29.9. The third-order valence-electron chi connectivity index (χ3n) is 6.83. The minimum absolute atomic E-state index is 0.0230. The van der Waals surface area contributed by atoms with Crippen molar-refractivity contribution in [3.8, 4) is 0 Å². The fourth-order valence-corrected chi connectivity index (χ4v) is 4.64. The lowest BCUT2D eigenvalue weighted by Crippen LogP contribution is -2.55. The quantitative estimate of drug-likeness (QED) is 0.194. The Morgan fingerprint density at radius 3 is 2.14 bits per heavy atom. The summed E-state index contributed by atoms with van der Waals surface area (Å²) in [7, 11) is 0. The van der Waals surface area contributed by atoms with Crippen LogP contribution in [0.1, 0.15) is 29.5 Å². The van der Waals surface area contributed by atoms with Gasteiger partial charge < -0.3 is 21.1 Å². The number of aliphatic carboxylic acids is 1. The maximum atomic E-state index is 13.5. The molecule has 4 rings (SSSR count). The van der Waals surface area contributed by atoms with E-state index in [-0.39, 0.29) is 19.4 Å². The Morgan fingerprint density at radius 2 is 1.40 bits per heavy atom. The molecule has 0 saturated carbocycles. The molecule has 3 amide bonds. The smallest absolute Gasteiger partial charge is 0.305 e. The molecule has 0 aliphatic rings. The van der Waals surface area contributed by atoms with E-state index in [4.69, 9.17) is 0 Å². The van der Waals surface area contributed by atoms with Gasteiger partial charge in [0.25, 0.3) is 0 Å². The molecule has 4 aromatic carbocycles. The normalized spacial score (nSPS) is 12.2. The van der Waals surface area contributed by atoms with Crippen molar-refractivity contribution in [2.75, 3.05) is 0 Å². The number of carbonyl (C=O) groups is 4. The number of carboxylic acids is 1. The standard InChI is InChI=1S/C33H32FN3O5/c34-26-16-13-23(14-17-26)19-28(32(41)35-21-25-11-6-10-24-9-4-5-12-27(24)25)37-33(42)29(20-31(39)40)36-30(38)18-15-22-7-2-1-3-8-22/h1-14,16-17,28-29H,15,18-21H2,(H,35,41)(H,36,38)(H,37,42)(H,39,40)/t28-,29-/m0/s1. The van der Waals surface area contributed by atoms with Crippen molar-refractivity contribution < 1.29 is 28.7 Å². The van der Waals surface area contributed by atoms with Gasteiger partial charge in [-0.3, -0.25) is 19.2 Å². The highest BCUT2D eigenvalue weighted by atomic mass is 19.1. The molecule has 0 aliphatic heterocycles. The van der Waals surface area contributed by atoms with Crippen molar-refractivity contribution in [3.63, 3.8) is 0 Å². The number of hydrogen-bond donors (Lipinski definition) is 4. The van der Waals surface area contributed by atoms with Crippen molar-refractivity contribution in [1.29, 1.82) is 0 Å². The van der Waals surface area contributed by atoms with Gasteiger partial charge in [0.15, 0.2) is 0 Å². The average molecular weight is 570 g/mol. The summed E-state index contributed by atoms with van der Waals surface area (Å²) >= 11 is 0. The van der Waals surface area contributed by atoms with Gasteiger partial charge >= 0.3 is 5.97 Å². The van der Waals surface area contributed by atoms with Crippen molar-refractivity contribution in [2.24, 2.45) is 0 Å². The zero-order chi connectivity index (χ0) is 29.9. The van der Waals surface area contributed by atoms with E-state index < -0.39 is 48.0 Å². The fraction of sp³-hybridized carbons (Fsp3) is 0.212. The predicted molar refractivity (Wildman–Crippen MR) is 157 cm³/mol. The maximum Gasteiger partial charge on any atom is 0.305 e. The number of hydrogen-bond acceptors (Lipinski definition) is 4. The van der Waals surface area contributed by atoms with E-state index in [0.29, 0.717) is 12.0 Å². The third-order valence-corrected chi connectivity index (χ3v) is 6.83. The van der Waals surface area contributed by atoms with E-state index in [0.717, 1.165) is 21.9 Å². The summed E-state index contributed by atoms with van der Waals surface area (Å²) < 4.78 is 13.5. The van der Waals surface area contributed by atoms with Gasteiger partial charge in [0, 0.05) is 19.4 Å². The summed E-state index contributed by atoms with van der Waals surface area (Å²) in [5, 5.41) is 19.4. The molecule has 2 atom stereocenters. The predicted octanol–water partition coefficient (Wildman–Crippen LogP) is 3.91. The fourth-order valence-electron chi connectivity index (χ4n) is 4.64. The molecule has 8 nitrogen and oxygen atoms in total. The molecule has 0 radical (unpaired) electrons. The van der Waals surface area contributed by atoms with Crippen LogP contribution >= 0.6 is 0 Å². The van der Waals surface area contributed by atoms with Crippen LogP contribution in [0.5, 0.6) is 0 Å². The monoisotopic (exact) mass is 569 g/mol. The van der Waals surface area contributed by atoms with E-state index in [1.54, 1.807) is 0 Å². The number of amides is 3. The lowest BCUT2D eigenvalue weighted by Gasteiger charge is -2.23. The molecule has 0 fully saturated rings. The zero-order valence-corrected chi connectivity index (χ0v) is 22.9. The van der Waals surface area contributed by atoms with Crippen LogP contribution in [0.2, 0.25) is 0 Å². The Hall–Kier alpha value is -5.05. The van der Waals surface area contributed by atoms with E-state index >= 15 is 0 Å². The van der Waals surface area contributed by atoms with Crippen LogP contribution < -0.4 is 16.0 Å². The molecule has 0 bridgehead atoms. The van der Waals surface area contributed by atoms with Crippen molar-refractivity contribution >= 4 is 34.5 Å². The summed E-state index contributed by atoms with van der Waals surface area (Å²) in [6, 6.07) is 25.8. The van der Waals surface area contributed by atoms with Crippen LogP contribution in [0, 0.1) is 5.82 Å². The van der Waals surface area contributed by atoms with E-state index in [9.17, 15) is 28.7 Å². The molecule has 0 heterocycles. The number of carbonyl (C=O) groups excluding carboxylic acids is 3. The second-order valence-corrected chi connectivity index (χ2v) is 9.95. The number of fused-ring (bicyclic) bond motifs is 1. The molecular formula is C33H32FN3O5. The van der Waals surface area contributed by atoms with Gasteiger partial charge in [-0.05, 0) is 46.0 Å². The molecule has 4 aromatic rings. The number of nitrogens with one attached hydrogen (secondary N) is 3. The van der Waals surface area contributed by atoms with Gasteiger partial charge in [-0.25, -0.2) is 4.39 Å². The first-order valence-corrected chi connectivity index (χ1v) is 13.6. The van der Waals surface area contributed by atoms with E-state index in [1.807, 2.05) is 72.8 Å². The van der Waals surface area contributed by atoms with Crippen molar-refractivity contribution in [3.05, 3.63) is 120 Å². The van der Waals surface area contributed by atoms with Gasteiger partial charge in [0.05, 0.1) is 6.42 Å². The lowest BCUT2D eigenvalue weighted by molar-refractivity contribution is -0.141. The number of rotatable bonds is 13. The topological polar surface area (TPSA) is 125 Å². The first-order chi connectivity index (χ1) is 20.3. The Balaban J connectivity index is 1.47. The van der Waals surface area contributed by atoms with Gasteiger partial charge in [-0.2, -0.15) is 0 Å². The summed E-state index contributed by atoms with van der Waals surface area (Å²) in [6.45, 7) is 0.185. The number of carboxylic acid groups (broad SMARTS) is 1. The second-order valence-electron chi connectivity index (χ2n) is 9.95. The van der Waals surface area contributed by atoms with Crippen LogP contribution in [0.3, 0.4) is 0 Å². The largest absolute Gasteiger partial charge is 0.481 e.